The fourth-order valence-corrected chi connectivity index (χ4v) is 4.06. The number of nitrogens with one attached hydrogen (secondary N) is 2. The second-order valence-electron chi connectivity index (χ2n) is 6.94. The van der Waals surface area contributed by atoms with E-state index in [0.29, 0.717) is 0 Å². The van der Waals surface area contributed by atoms with Crippen LogP contribution in [-0.2, 0) is 13.1 Å². The predicted octanol–water partition coefficient (Wildman–Crippen LogP) is 4.75. The van der Waals surface area contributed by atoms with E-state index in [2.05, 4.69) is 64.6 Å². The number of nitrogens with zero attached hydrogens (tertiary/aromatic N) is 1. The summed E-state index contributed by atoms with van der Waals surface area (Å²) in [5.41, 5.74) is 4.08. The van der Waals surface area contributed by atoms with Gasteiger partial charge in [0.15, 0.2) is 0 Å². The minimum absolute atomic E-state index is 0. The average Bonchev–Trinajstić information content (AvgIpc) is 2.96. The molecular formula is C21H29Cl2N3. The lowest BCUT2D eigenvalue weighted by atomic mass is 9.98. The van der Waals surface area contributed by atoms with Crippen molar-refractivity contribution in [1.29, 1.82) is 0 Å². The van der Waals surface area contributed by atoms with Gasteiger partial charge in [0.25, 0.3) is 0 Å². The van der Waals surface area contributed by atoms with Crippen LogP contribution in [0.15, 0.2) is 42.5 Å². The smallest absolute Gasteiger partial charge is 0.0491 e. The molecule has 0 radical (unpaired) electrons. The van der Waals surface area contributed by atoms with Gasteiger partial charge in [-0.25, -0.2) is 0 Å². The molecule has 0 unspecified atom stereocenters. The van der Waals surface area contributed by atoms with Crippen molar-refractivity contribution in [3.63, 3.8) is 0 Å². The molecule has 0 atom stereocenters. The molecule has 1 saturated heterocycles. The second kappa shape index (κ2) is 9.61. The van der Waals surface area contributed by atoms with E-state index < -0.39 is 0 Å². The van der Waals surface area contributed by atoms with Crippen LogP contribution in [0.25, 0.3) is 21.8 Å². The first kappa shape index (κ1) is 21.0. The van der Waals surface area contributed by atoms with E-state index in [1.807, 2.05) is 0 Å². The number of halogens is 2. The van der Waals surface area contributed by atoms with Crippen LogP contribution < -0.4 is 10.6 Å². The highest BCUT2D eigenvalue weighted by atomic mass is 35.5. The Hall–Kier alpha value is -1.26. The molecule has 0 spiro atoms. The van der Waals surface area contributed by atoms with Gasteiger partial charge in [0, 0.05) is 34.9 Å². The number of piperidine rings is 1. The zero-order valence-corrected chi connectivity index (χ0v) is 17.0. The van der Waals surface area contributed by atoms with Crippen molar-refractivity contribution in [3.05, 3.63) is 48.0 Å². The molecule has 0 amide bonds. The average molecular weight is 394 g/mol. The summed E-state index contributed by atoms with van der Waals surface area (Å²) in [4.78, 5) is 0. The van der Waals surface area contributed by atoms with Gasteiger partial charge in [-0.05, 0) is 69.1 Å². The van der Waals surface area contributed by atoms with Crippen LogP contribution in [0.4, 0.5) is 0 Å². The number of fused-ring (bicyclic) bond motifs is 3. The first-order valence-electron chi connectivity index (χ1n) is 9.28. The van der Waals surface area contributed by atoms with Gasteiger partial charge in [-0.15, -0.1) is 24.8 Å². The van der Waals surface area contributed by atoms with Gasteiger partial charge in [0.05, 0.1) is 0 Å². The van der Waals surface area contributed by atoms with Crippen molar-refractivity contribution in [3.8, 4) is 0 Å². The third-order valence-corrected chi connectivity index (χ3v) is 5.37. The van der Waals surface area contributed by atoms with Crippen LogP contribution in [-0.4, -0.2) is 24.2 Å². The molecule has 3 aromatic rings. The van der Waals surface area contributed by atoms with Crippen LogP contribution >= 0.6 is 24.8 Å². The zero-order chi connectivity index (χ0) is 16.4. The highest BCUT2D eigenvalue weighted by Crippen LogP contribution is 2.29. The van der Waals surface area contributed by atoms with Gasteiger partial charge in [0.1, 0.15) is 0 Å². The maximum atomic E-state index is 3.67. The number of para-hydroxylation sites is 1. The summed E-state index contributed by atoms with van der Waals surface area (Å²) < 4.78 is 2.41. The van der Waals surface area contributed by atoms with Gasteiger partial charge < -0.3 is 15.2 Å². The Morgan fingerprint density at radius 3 is 2.50 bits per heavy atom. The first-order valence-corrected chi connectivity index (χ1v) is 9.28. The summed E-state index contributed by atoms with van der Waals surface area (Å²) in [5.74, 6) is 0.831. The molecule has 2 aromatic carbocycles. The van der Waals surface area contributed by atoms with E-state index in [-0.39, 0.29) is 24.8 Å². The van der Waals surface area contributed by atoms with Crippen molar-refractivity contribution in [1.82, 2.24) is 15.2 Å². The van der Waals surface area contributed by atoms with Gasteiger partial charge in [-0.2, -0.15) is 0 Å². The van der Waals surface area contributed by atoms with E-state index >= 15 is 0 Å². The maximum Gasteiger partial charge on any atom is 0.0491 e. The predicted molar refractivity (Wildman–Crippen MR) is 117 cm³/mol. The normalized spacial score (nSPS) is 15.0. The molecule has 0 aliphatic carbocycles. The third-order valence-electron chi connectivity index (χ3n) is 5.37. The molecule has 0 saturated carbocycles. The Labute approximate surface area is 168 Å². The second-order valence-corrected chi connectivity index (χ2v) is 6.94. The van der Waals surface area contributed by atoms with Crippen molar-refractivity contribution >= 4 is 46.6 Å². The van der Waals surface area contributed by atoms with E-state index in [1.165, 1.54) is 53.3 Å². The molecule has 1 fully saturated rings. The number of aromatic nitrogens is 1. The largest absolute Gasteiger partial charge is 0.341 e. The minimum atomic E-state index is 0. The SMILES string of the molecule is CCn1c2ccccc2c2cc(CNCC3CCNCC3)ccc21.Cl.Cl. The first-order chi connectivity index (χ1) is 11.9. The van der Waals surface area contributed by atoms with Crippen LogP contribution in [0.1, 0.15) is 25.3 Å². The van der Waals surface area contributed by atoms with Crippen molar-refractivity contribution in [2.75, 3.05) is 19.6 Å². The van der Waals surface area contributed by atoms with Crippen molar-refractivity contribution < 1.29 is 0 Å². The lowest BCUT2D eigenvalue weighted by Gasteiger charge is -2.22. The highest BCUT2D eigenvalue weighted by molar-refractivity contribution is 6.08. The molecule has 5 heteroatoms. The Morgan fingerprint density at radius 2 is 1.73 bits per heavy atom. The number of hydrogen-bond acceptors (Lipinski definition) is 2. The fraction of sp³-hybridized carbons (Fsp3) is 0.429. The number of hydrogen-bond donors (Lipinski definition) is 2. The Morgan fingerprint density at radius 1 is 1.00 bits per heavy atom. The van der Waals surface area contributed by atoms with Crippen LogP contribution in [0.5, 0.6) is 0 Å². The summed E-state index contributed by atoms with van der Waals surface area (Å²) >= 11 is 0. The fourth-order valence-electron chi connectivity index (χ4n) is 4.06. The summed E-state index contributed by atoms with van der Waals surface area (Å²) in [6.07, 6.45) is 2.60. The van der Waals surface area contributed by atoms with Crippen molar-refractivity contribution in [2.24, 2.45) is 5.92 Å². The topological polar surface area (TPSA) is 29.0 Å². The number of aryl methyl sites for hydroxylation is 1. The Bertz CT molecular complexity index is 838. The number of rotatable bonds is 5. The third kappa shape index (κ3) is 4.17. The lowest BCUT2D eigenvalue weighted by Crippen LogP contribution is -2.33. The van der Waals surface area contributed by atoms with E-state index in [0.717, 1.165) is 25.6 Å². The molecule has 142 valence electrons. The molecule has 1 aliphatic heterocycles. The minimum Gasteiger partial charge on any atom is -0.341 e. The summed E-state index contributed by atoms with van der Waals surface area (Å²) in [5, 5.41) is 9.86. The van der Waals surface area contributed by atoms with Gasteiger partial charge in [-0.3, -0.25) is 0 Å². The molecule has 2 heterocycles. The molecular weight excluding hydrogens is 365 g/mol. The summed E-state index contributed by atoms with van der Waals surface area (Å²) in [6, 6.07) is 15.7. The molecule has 26 heavy (non-hydrogen) atoms. The maximum absolute atomic E-state index is 3.67. The van der Waals surface area contributed by atoms with E-state index in [9.17, 15) is 0 Å². The number of benzene rings is 2. The standard InChI is InChI=1S/C21H27N3.2ClH/c1-2-24-20-6-4-3-5-18(20)19-13-17(7-8-21(19)24)15-23-14-16-9-11-22-12-10-16;;/h3-8,13,16,22-23H,2,9-12,14-15H2,1H3;2*1H. The van der Waals surface area contributed by atoms with Crippen LogP contribution in [0, 0.1) is 5.92 Å². The van der Waals surface area contributed by atoms with Gasteiger partial charge >= 0.3 is 0 Å². The molecule has 1 aliphatic rings. The molecule has 2 N–H and O–H groups in total. The lowest BCUT2D eigenvalue weighted by molar-refractivity contribution is 0.356. The van der Waals surface area contributed by atoms with Gasteiger partial charge in [-0.1, -0.05) is 24.3 Å². The monoisotopic (exact) mass is 393 g/mol. The zero-order valence-electron chi connectivity index (χ0n) is 15.3. The van der Waals surface area contributed by atoms with Gasteiger partial charge in [0.2, 0.25) is 0 Å². The molecule has 4 rings (SSSR count). The van der Waals surface area contributed by atoms with Crippen LogP contribution in [0.2, 0.25) is 0 Å². The van der Waals surface area contributed by atoms with E-state index in [4.69, 9.17) is 0 Å². The van der Waals surface area contributed by atoms with Crippen molar-refractivity contribution in [2.45, 2.75) is 32.9 Å². The quantitative estimate of drug-likeness (QED) is 0.654. The Kier molecular flexibility index (Phi) is 7.78. The van der Waals surface area contributed by atoms with Crippen LogP contribution in [0.3, 0.4) is 0 Å². The molecule has 1 aromatic heterocycles. The molecule has 0 bridgehead atoms. The van der Waals surface area contributed by atoms with E-state index in [1.54, 1.807) is 0 Å². The summed E-state index contributed by atoms with van der Waals surface area (Å²) in [7, 11) is 0. The highest BCUT2D eigenvalue weighted by Gasteiger charge is 2.13. The Balaban J connectivity index is 0.00000121. The molecule has 3 nitrogen and oxygen atoms in total. The summed E-state index contributed by atoms with van der Waals surface area (Å²) in [6.45, 7) is 7.68.